The molecule has 2 N–H and O–H groups in total. The van der Waals surface area contributed by atoms with Crippen LogP contribution in [-0.4, -0.2) is 21.0 Å². The second kappa shape index (κ2) is 6.61. The fourth-order valence-electron chi connectivity index (χ4n) is 2.80. The van der Waals surface area contributed by atoms with Gasteiger partial charge in [-0.25, -0.2) is 4.98 Å². The smallest absolute Gasteiger partial charge is 0.137 e. The van der Waals surface area contributed by atoms with Crippen molar-refractivity contribution in [3.63, 3.8) is 0 Å². The van der Waals surface area contributed by atoms with Gasteiger partial charge in [0.05, 0.1) is 23.0 Å². The molecule has 0 amide bonds. The van der Waals surface area contributed by atoms with Gasteiger partial charge in [-0.3, -0.25) is 0 Å². The van der Waals surface area contributed by atoms with E-state index in [2.05, 4.69) is 23.5 Å². The minimum Gasteiger partial charge on any atom is -0.494 e. The van der Waals surface area contributed by atoms with Crippen molar-refractivity contribution in [1.82, 2.24) is 9.38 Å². The maximum atomic E-state index is 5.93. The molecule has 1 unspecified atom stereocenters. The molecule has 5 heteroatoms. The van der Waals surface area contributed by atoms with Crippen LogP contribution in [0.25, 0.3) is 16.9 Å². The lowest BCUT2D eigenvalue weighted by atomic mass is 10.0. The summed E-state index contributed by atoms with van der Waals surface area (Å²) in [5.74, 6) is 0.782. The molecule has 0 saturated heterocycles. The quantitative estimate of drug-likeness (QED) is 0.711. The van der Waals surface area contributed by atoms with Crippen LogP contribution in [-0.2, 0) is 0 Å². The standard InChI is InChI=1S/C19H21N3OS/c1-4-23-15-7-5-14(6-8-15)17-18(13(3)19(20)24)22-10-9-12(2)11-16(22)21-17/h5-11,13H,4H2,1-3H3,(H2,20,24). The van der Waals surface area contributed by atoms with Crippen LogP contribution in [0, 0.1) is 6.92 Å². The zero-order chi connectivity index (χ0) is 17.3. The van der Waals surface area contributed by atoms with Crippen molar-refractivity contribution in [2.45, 2.75) is 26.7 Å². The second-order valence-electron chi connectivity index (χ2n) is 5.86. The van der Waals surface area contributed by atoms with Crippen molar-refractivity contribution in [3.8, 4) is 17.0 Å². The molecule has 0 fully saturated rings. The Bertz CT molecular complexity index is 884. The number of nitrogens with two attached hydrogens (primary N) is 1. The van der Waals surface area contributed by atoms with Crippen molar-refractivity contribution >= 4 is 22.9 Å². The van der Waals surface area contributed by atoms with E-state index in [1.807, 2.05) is 44.3 Å². The van der Waals surface area contributed by atoms with Crippen LogP contribution in [0.4, 0.5) is 0 Å². The molecule has 0 aliphatic heterocycles. The summed E-state index contributed by atoms with van der Waals surface area (Å²) in [6, 6.07) is 12.1. The molecule has 3 rings (SSSR count). The van der Waals surface area contributed by atoms with Crippen LogP contribution in [0.2, 0.25) is 0 Å². The van der Waals surface area contributed by atoms with Crippen LogP contribution in [0.3, 0.4) is 0 Å². The van der Waals surface area contributed by atoms with E-state index in [1.54, 1.807) is 0 Å². The second-order valence-corrected chi connectivity index (χ2v) is 6.33. The Hall–Kier alpha value is -2.40. The van der Waals surface area contributed by atoms with Gasteiger partial charge in [-0.1, -0.05) is 19.1 Å². The Morgan fingerprint density at radius 1 is 1.29 bits per heavy atom. The minimum atomic E-state index is -0.0701. The van der Waals surface area contributed by atoms with Crippen LogP contribution in [0.5, 0.6) is 5.75 Å². The molecule has 0 saturated carbocycles. The lowest BCUT2D eigenvalue weighted by Gasteiger charge is -2.13. The van der Waals surface area contributed by atoms with Crippen molar-refractivity contribution in [3.05, 3.63) is 53.9 Å². The van der Waals surface area contributed by atoms with Gasteiger partial charge in [-0.2, -0.15) is 0 Å². The molecule has 1 aromatic carbocycles. The van der Waals surface area contributed by atoms with Crippen LogP contribution < -0.4 is 10.5 Å². The Morgan fingerprint density at radius 2 is 2.00 bits per heavy atom. The summed E-state index contributed by atoms with van der Waals surface area (Å²) in [5, 5.41) is 0. The number of hydrogen-bond donors (Lipinski definition) is 1. The number of ether oxygens (including phenoxy) is 1. The van der Waals surface area contributed by atoms with Crippen LogP contribution in [0.15, 0.2) is 42.6 Å². The molecule has 2 aromatic heterocycles. The van der Waals surface area contributed by atoms with E-state index >= 15 is 0 Å². The first kappa shape index (κ1) is 16.5. The van der Waals surface area contributed by atoms with Gasteiger partial charge in [0.15, 0.2) is 0 Å². The van der Waals surface area contributed by atoms with Gasteiger partial charge in [0.2, 0.25) is 0 Å². The molecule has 0 aliphatic rings. The number of thiocarbonyl (C=S) groups is 1. The molecule has 3 aromatic rings. The number of benzene rings is 1. The lowest BCUT2D eigenvalue weighted by Crippen LogP contribution is -2.18. The van der Waals surface area contributed by atoms with E-state index in [4.69, 9.17) is 27.7 Å². The largest absolute Gasteiger partial charge is 0.494 e. The molecular formula is C19H21N3OS. The summed E-state index contributed by atoms with van der Waals surface area (Å²) in [7, 11) is 0. The third-order valence-electron chi connectivity index (χ3n) is 4.09. The lowest BCUT2D eigenvalue weighted by molar-refractivity contribution is 0.340. The van der Waals surface area contributed by atoms with E-state index in [0.29, 0.717) is 11.6 Å². The van der Waals surface area contributed by atoms with Gasteiger partial charge < -0.3 is 14.9 Å². The topological polar surface area (TPSA) is 52.5 Å². The Balaban J connectivity index is 2.18. The molecular weight excluding hydrogens is 318 g/mol. The van der Waals surface area contributed by atoms with Crippen LogP contribution in [0.1, 0.15) is 31.0 Å². The summed E-state index contributed by atoms with van der Waals surface area (Å²) in [6.45, 7) is 6.70. The minimum absolute atomic E-state index is 0.0701. The van der Waals surface area contributed by atoms with Crippen LogP contribution >= 0.6 is 12.2 Å². The average molecular weight is 339 g/mol. The SMILES string of the molecule is CCOc1ccc(-c2nc3cc(C)ccn3c2C(C)C(N)=S)cc1. The predicted octanol–water partition coefficient (Wildman–Crippen LogP) is 4.10. The van der Waals surface area contributed by atoms with Crippen molar-refractivity contribution in [2.24, 2.45) is 5.73 Å². The van der Waals surface area contributed by atoms with E-state index in [9.17, 15) is 0 Å². The van der Waals surface area contributed by atoms with E-state index < -0.39 is 0 Å². The van der Waals surface area contributed by atoms with E-state index in [1.165, 1.54) is 5.56 Å². The number of hydrogen-bond acceptors (Lipinski definition) is 3. The Kier molecular flexibility index (Phi) is 4.53. The van der Waals surface area contributed by atoms with Crippen molar-refractivity contribution in [1.29, 1.82) is 0 Å². The van der Waals surface area contributed by atoms with Gasteiger partial charge in [0.25, 0.3) is 0 Å². The highest BCUT2D eigenvalue weighted by Crippen LogP contribution is 2.31. The fraction of sp³-hybridized carbons (Fsp3) is 0.263. The number of aromatic nitrogens is 2. The third kappa shape index (κ3) is 2.99. The van der Waals surface area contributed by atoms with Gasteiger partial charge in [-0.15, -0.1) is 0 Å². The Morgan fingerprint density at radius 3 is 2.62 bits per heavy atom. The zero-order valence-electron chi connectivity index (χ0n) is 14.1. The van der Waals surface area contributed by atoms with Gasteiger partial charge in [0.1, 0.15) is 11.4 Å². The molecule has 4 nitrogen and oxygen atoms in total. The number of aryl methyl sites for hydroxylation is 1. The zero-order valence-corrected chi connectivity index (χ0v) is 14.9. The van der Waals surface area contributed by atoms with Gasteiger partial charge in [0, 0.05) is 17.7 Å². The highest BCUT2D eigenvalue weighted by molar-refractivity contribution is 7.80. The first-order valence-corrected chi connectivity index (χ1v) is 8.43. The Labute approximate surface area is 147 Å². The maximum Gasteiger partial charge on any atom is 0.137 e. The number of imidazole rings is 1. The highest BCUT2D eigenvalue weighted by Gasteiger charge is 2.21. The summed E-state index contributed by atoms with van der Waals surface area (Å²) >= 11 is 5.24. The first-order valence-electron chi connectivity index (χ1n) is 8.02. The van der Waals surface area contributed by atoms with E-state index in [0.717, 1.165) is 28.3 Å². The molecule has 0 spiro atoms. The van der Waals surface area contributed by atoms with Crippen molar-refractivity contribution < 1.29 is 4.74 Å². The number of nitrogens with zero attached hydrogens (tertiary/aromatic N) is 2. The average Bonchev–Trinajstić information content (AvgIpc) is 2.93. The molecule has 124 valence electrons. The normalized spacial score (nSPS) is 12.3. The summed E-state index contributed by atoms with van der Waals surface area (Å²) in [4.78, 5) is 5.29. The first-order chi connectivity index (χ1) is 11.5. The van der Waals surface area contributed by atoms with Crippen molar-refractivity contribution in [2.75, 3.05) is 6.61 Å². The molecule has 0 bridgehead atoms. The molecule has 24 heavy (non-hydrogen) atoms. The van der Waals surface area contributed by atoms with Gasteiger partial charge in [-0.05, 0) is 55.8 Å². The predicted molar refractivity (Wildman–Crippen MR) is 102 cm³/mol. The monoisotopic (exact) mass is 339 g/mol. The fourth-order valence-corrected chi connectivity index (χ4v) is 2.91. The summed E-state index contributed by atoms with van der Waals surface area (Å²) < 4.78 is 7.59. The summed E-state index contributed by atoms with van der Waals surface area (Å²) in [5.41, 5.74) is 10.9. The highest BCUT2D eigenvalue weighted by atomic mass is 32.1. The van der Waals surface area contributed by atoms with E-state index in [-0.39, 0.29) is 5.92 Å². The number of fused-ring (bicyclic) bond motifs is 1. The molecule has 0 aliphatic carbocycles. The summed E-state index contributed by atoms with van der Waals surface area (Å²) in [6.07, 6.45) is 2.03. The molecule has 2 heterocycles. The molecule has 1 atom stereocenters. The maximum absolute atomic E-state index is 5.93. The number of pyridine rings is 1. The molecule has 0 radical (unpaired) electrons. The van der Waals surface area contributed by atoms with Gasteiger partial charge >= 0.3 is 0 Å². The third-order valence-corrected chi connectivity index (χ3v) is 4.45. The number of rotatable bonds is 5.